The van der Waals surface area contributed by atoms with Gasteiger partial charge in [-0.2, -0.15) is 13.2 Å². The van der Waals surface area contributed by atoms with Gasteiger partial charge in [0.1, 0.15) is 5.60 Å². The number of halogens is 3. The van der Waals surface area contributed by atoms with Crippen LogP contribution in [0.1, 0.15) is 31.9 Å². The Morgan fingerprint density at radius 2 is 1.77 bits per heavy atom. The Morgan fingerprint density at radius 1 is 1.18 bits per heavy atom. The largest absolute Gasteiger partial charge is 0.444 e. The van der Waals surface area contributed by atoms with Crippen LogP contribution in [-0.4, -0.2) is 29.7 Å². The SMILES string of the molecule is CC(C)(C)OC(=O)N1CC(=Cc2ccccc2C(F)(F)F)C1. The molecule has 1 fully saturated rings. The van der Waals surface area contributed by atoms with Crippen molar-refractivity contribution in [2.45, 2.75) is 32.5 Å². The molecule has 1 aliphatic heterocycles. The molecule has 0 atom stereocenters. The number of ether oxygens (including phenoxy) is 1. The predicted molar refractivity (Wildman–Crippen MR) is 77.2 cm³/mol. The zero-order valence-corrected chi connectivity index (χ0v) is 12.7. The Labute approximate surface area is 127 Å². The summed E-state index contributed by atoms with van der Waals surface area (Å²) in [7, 11) is 0. The number of benzene rings is 1. The first-order valence-corrected chi connectivity index (χ1v) is 6.90. The number of rotatable bonds is 1. The lowest BCUT2D eigenvalue weighted by Crippen LogP contribution is -2.46. The summed E-state index contributed by atoms with van der Waals surface area (Å²) in [5, 5.41) is 0. The molecule has 0 N–H and O–H groups in total. The second-order valence-electron chi connectivity index (χ2n) is 6.22. The van der Waals surface area contributed by atoms with Gasteiger partial charge >= 0.3 is 12.3 Å². The highest BCUT2D eigenvalue weighted by molar-refractivity contribution is 5.72. The molecule has 0 spiro atoms. The van der Waals surface area contributed by atoms with E-state index in [0.29, 0.717) is 13.1 Å². The lowest BCUT2D eigenvalue weighted by atomic mass is 10.0. The van der Waals surface area contributed by atoms with Gasteiger partial charge in [-0.3, -0.25) is 0 Å². The van der Waals surface area contributed by atoms with E-state index in [2.05, 4.69) is 0 Å². The fraction of sp³-hybridized carbons (Fsp3) is 0.438. The van der Waals surface area contributed by atoms with E-state index in [-0.39, 0.29) is 5.56 Å². The summed E-state index contributed by atoms with van der Waals surface area (Å²) >= 11 is 0. The number of alkyl halides is 3. The summed E-state index contributed by atoms with van der Waals surface area (Å²) in [5.41, 5.74) is -0.367. The average Bonchev–Trinajstić information content (AvgIpc) is 2.30. The quantitative estimate of drug-likeness (QED) is 0.772. The number of nitrogens with zero attached hydrogens (tertiary/aromatic N) is 1. The van der Waals surface area contributed by atoms with Gasteiger partial charge in [-0.1, -0.05) is 24.3 Å². The summed E-state index contributed by atoms with van der Waals surface area (Å²) in [4.78, 5) is 13.2. The van der Waals surface area contributed by atoms with Crippen molar-refractivity contribution in [1.82, 2.24) is 4.90 Å². The maximum Gasteiger partial charge on any atom is 0.416 e. The number of hydrogen-bond acceptors (Lipinski definition) is 2. The standard InChI is InChI=1S/C16H18F3NO2/c1-15(2,3)22-14(21)20-9-11(10-20)8-12-6-4-5-7-13(12)16(17,18)19/h4-8H,9-10H2,1-3H3. The monoisotopic (exact) mass is 313 g/mol. The first-order chi connectivity index (χ1) is 10.1. The van der Waals surface area contributed by atoms with Gasteiger partial charge in [0.25, 0.3) is 0 Å². The molecule has 6 heteroatoms. The number of hydrogen-bond donors (Lipinski definition) is 0. The second kappa shape index (κ2) is 5.66. The molecule has 1 aromatic rings. The molecule has 120 valence electrons. The van der Waals surface area contributed by atoms with E-state index in [1.54, 1.807) is 26.8 Å². The highest BCUT2D eigenvalue weighted by atomic mass is 19.4. The van der Waals surface area contributed by atoms with Crippen LogP contribution in [0.2, 0.25) is 0 Å². The van der Waals surface area contributed by atoms with Crippen LogP contribution in [0.15, 0.2) is 29.8 Å². The van der Waals surface area contributed by atoms with Gasteiger partial charge in [0.05, 0.1) is 5.56 Å². The Kier molecular flexibility index (Phi) is 4.22. The Hall–Kier alpha value is -1.98. The minimum atomic E-state index is -4.39. The normalized spacial score (nSPS) is 15.4. The second-order valence-corrected chi connectivity index (χ2v) is 6.22. The first-order valence-electron chi connectivity index (χ1n) is 6.90. The Morgan fingerprint density at radius 3 is 2.32 bits per heavy atom. The number of carbonyl (C=O) groups excluding carboxylic acids is 1. The number of likely N-dealkylation sites (tertiary alicyclic amines) is 1. The van der Waals surface area contributed by atoms with Crippen LogP contribution in [0.5, 0.6) is 0 Å². The van der Waals surface area contributed by atoms with Gasteiger partial charge in [-0.15, -0.1) is 0 Å². The van der Waals surface area contributed by atoms with Crippen LogP contribution < -0.4 is 0 Å². The van der Waals surface area contributed by atoms with E-state index in [9.17, 15) is 18.0 Å². The minimum absolute atomic E-state index is 0.119. The summed E-state index contributed by atoms with van der Waals surface area (Å²) in [6.07, 6.45) is -3.35. The molecule has 0 radical (unpaired) electrons. The van der Waals surface area contributed by atoms with Gasteiger partial charge < -0.3 is 9.64 Å². The van der Waals surface area contributed by atoms with Crippen molar-refractivity contribution in [2.24, 2.45) is 0 Å². The van der Waals surface area contributed by atoms with E-state index in [4.69, 9.17) is 4.74 Å². The first kappa shape index (κ1) is 16.4. The summed E-state index contributed by atoms with van der Waals surface area (Å²) in [6.45, 7) is 5.88. The zero-order valence-electron chi connectivity index (χ0n) is 12.7. The fourth-order valence-corrected chi connectivity index (χ4v) is 2.09. The lowest BCUT2D eigenvalue weighted by Gasteiger charge is -2.35. The van der Waals surface area contributed by atoms with Gasteiger partial charge in [0.2, 0.25) is 0 Å². The third-order valence-corrected chi connectivity index (χ3v) is 3.07. The molecule has 1 amide bonds. The van der Waals surface area contributed by atoms with Crippen LogP contribution in [0.3, 0.4) is 0 Å². The smallest absolute Gasteiger partial charge is 0.416 e. The molecule has 1 aromatic carbocycles. The summed E-state index contributed by atoms with van der Waals surface area (Å²) in [6, 6.07) is 5.40. The van der Waals surface area contributed by atoms with Crippen LogP contribution in [-0.2, 0) is 10.9 Å². The van der Waals surface area contributed by atoms with E-state index in [1.165, 1.54) is 23.1 Å². The van der Waals surface area contributed by atoms with Gasteiger partial charge in [-0.25, -0.2) is 4.79 Å². The highest BCUT2D eigenvalue weighted by Crippen LogP contribution is 2.33. The molecule has 22 heavy (non-hydrogen) atoms. The van der Waals surface area contributed by atoms with Crippen LogP contribution >= 0.6 is 0 Å². The Bertz CT molecular complexity index is 592. The van der Waals surface area contributed by atoms with Crippen molar-refractivity contribution in [1.29, 1.82) is 0 Å². The van der Waals surface area contributed by atoms with Crippen LogP contribution in [0.4, 0.5) is 18.0 Å². The van der Waals surface area contributed by atoms with E-state index < -0.39 is 23.4 Å². The van der Waals surface area contributed by atoms with Crippen molar-refractivity contribution in [3.8, 4) is 0 Å². The van der Waals surface area contributed by atoms with Crippen molar-refractivity contribution in [2.75, 3.05) is 13.1 Å². The molecule has 0 saturated carbocycles. The van der Waals surface area contributed by atoms with Crippen LogP contribution in [0.25, 0.3) is 6.08 Å². The molecular formula is C16H18F3NO2. The molecular weight excluding hydrogens is 295 g/mol. The van der Waals surface area contributed by atoms with Crippen LogP contribution in [0, 0.1) is 0 Å². The molecule has 0 bridgehead atoms. The third kappa shape index (κ3) is 4.02. The van der Waals surface area contributed by atoms with Crippen molar-refractivity contribution in [3.05, 3.63) is 41.0 Å². The average molecular weight is 313 g/mol. The number of amides is 1. The van der Waals surface area contributed by atoms with E-state index >= 15 is 0 Å². The minimum Gasteiger partial charge on any atom is -0.444 e. The fourth-order valence-electron chi connectivity index (χ4n) is 2.09. The topological polar surface area (TPSA) is 29.5 Å². The Balaban J connectivity index is 2.05. The highest BCUT2D eigenvalue weighted by Gasteiger charge is 2.34. The molecule has 3 nitrogen and oxygen atoms in total. The van der Waals surface area contributed by atoms with Gasteiger partial charge in [-0.05, 0) is 38.0 Å². The predicted octanol–water partition coefficient (Wildman–Crippen LogP) is 4.34. The molecule has 0 aromatic heterocycles. The summed E-state index contributed by atoms with van der Waals surface area (Å²) < 4.78 is 43.9. The number of carbonyl (C=O) groups is 1. The molecule has 2 rings (SSSR count). The van der Waals surface area contributed by atoms with E-state index in [0.717, 1.165) is 11.6 Å². The maximum absolute atomic E-state index is 12.9. The summed E-state index contributed by atoms with van der Waals surface area (Å²) in [5.74, 6) is 0. The zero-order chi connectivity index (χ0) is 16.5. The van der Waals surface area contributed by atoms with Gasteiger partial charge in [0.15, 0.2) is 0 Å². The molecule has 1 saturated heterocycles. The lowest BCUT2D eigenvalue weighted by molar-refractivity contribution is -0.137. The molecule has 0 aliphatic carbocycles. The van der Waals surface area contributed by atoms with Crippen molar-refractivity contribution >= 4 is 12.2 Å². The maximum atomic E-state index is 12.9. The van der Waals surface area contributed by atoms with Gasteiger partial charge in [0, 0.05) is 13.1 Å². The van der Waals surface area contributed by atoms with E-state index in [1.807, 2.05) is 0 Å². The van der Waals surface area contributed by atoms with Crippen molar-refractivity contribution < 1.29 is 22.7 Å². The third-order valence-electron chi connectivity index (χ3n) is 3.07. The molecule has 1 heterocycles. The molecule has 1 aliphatic rings. The molecule has 0 unspecified atom stereocenters. The van der Waals surface area contributed by atoms with Crippen molar-refractivity contribution in [3.63, 3.8) is 0 Å².